The van der Waals surface area contributed by atoms with Crippen LogP contribution in [-0.4, -0.2) is 79.2 Å². The molecule has 0 bridgehead atoms. The van der Waals surface area contributed by atoms with E-state index in [1.807, 2.05) is 0 Å². The van der Waals surface area contributed by atoms with Crippen LogP contribution in [0.25, 0.3) is 5.76 Å². The molecule has 0 amide bonds. The zero-order chi connectivity index (χ0) is 25.0. The molecule has 0 spiro atoms. The summed E-state index contributed by atoms with van der Waals surface area (Å²) in [4.78, 5) is 0. The van der Waals surface area contributed by atoms with E-state index in [0.717, 1.165) is 0 Å². The molecule has 1 aromatic carbocycles. The van der Waals surface area contributed by atoms with E-state index in [4.69, 9.17) is 18.9 Å². The molecule has 186 valence electrons. The number of aliphatic hydroxyl groups is 5. The molecule has 35 heavy (non-hydrogen) atoms. The van der Waals surface area contributed by atoms with Crippen LogP contribution in [0.3, 0.4) is 0 Å². The highest BCUT2D eigenvalue weighted by molar-refractivity contribution is 5.75. The largest absolute Gasteiger partial charge is 0.508 e. The predicted molar refractivity (Wildman–Crippen MR) is 117 cm³/mol. The van der Waals surface area contributed by atoms with Crippen LogP contribution >= 0.6 is 0 Å². The number of ether oxygens (including phenoxy) is 4. The fourth-order valence-electron chi connectivity index (χ4n) is 4.34. The van der Waals surface area contributed by atoms with Crippen LogP contribution in [0.5, 0.6) is 11.5 Å². The van der Waals surface area contributed by atoms with Crippen molar-refractivity contribution in [3.8, 4) is 11.5 Å². The van der Waals surface area contributed by atoms with Crippen molar-refractivity contribution >= 4 is 5.76 Å². The molecule has 11 heteroatoms. The first-order valence-corrected chi connectivity index (χ1v) is 10.8. The summed E-state index contributed by atoms with van der Waals surface area (Å²) >= 11 is 0. The molecule has 5 rings (SSSR count). The number of phenols is 2. The standard InChI is InChI=1S/C24H24O11/c1-9-4-12-18-15(32-9)6-11(26)7-16(18)33-22(10-2-3-13(27)14(28)5-10)23(12)35-24-21(31)20(30)19(29)17(8-25)34-24/h2-7,15,17,19-21,24-31H,8H2,1H3/t15?,17-,19-,20+,21-,24+/m1/s1. The van der Waals surface area contributed by atoms with Crippen LogP contribution in [0.1, 0.15) is 12.5 Å². The summed E-state index contributed by atoms with van der Waals surface area (Å²) < 4.78 is 23.4. The second kappa shape index (κ2) is 8.63. The Kier molecular flexibility index (Phi) is 5.74. The molecule has 1 unspecified atom stereocenters. The second-order valence-electron chi connectivity index (χ2n) is 8.50. The number of allylic oxidation sites excluding steroid dienone is 3. The van der Waals surface area contributed by atoms with Gasteiger partial charge in [0, 0.05) is 23.3 Å². The Hall–Kier alpha value is -3.48. The van der Waals surface area contributed by atoms with Gasteiger partial charge in [0.2, 0.25) is 6.29 Å². The summed E-state index contributed by atoms with van der Waals surface area (Å²) in [6.07, 6.45) is -3.85. The van der Waals surface area contributed by atoms with Gasteiger partial charge < -0.3 is 54.7 Å². The molecule has 0 radical (unpaired) electrons. The lowest BCUT2D eigenvalue weighted by atomic mass is 9.89. The minimum Gasteiger partial charge on any atom is -0.508 e. The van der Waals surface area contributed by atoms with Crippen molar-refractivity contribution in [2.75, 3.05) is 6.61 Å². The molecule has 1 saturated heterocycles. The van der Waals surface area contributed by atoms with Gasteiger partial charge in [0.1, 0.15) is 42.0 Å². The number of rotatable bonds is 4. The van der Waals surface area contributed by atoms with Crippen LogP contribution in [0, 0.1) is 0 Å². The van der Waals surface area contributed by atoms with E-state index in [-0.39, 0.29) is 34.3 Å². The van der Waals surface area contributed by atoms with Crippen molar-refractivity contribution < 1.29 is 54.7 Å². The van der Waals surface area contributed by atoms with Gasteiger partial charge >= 0.3 is 0 Å². The lowest BCUT2D eigenvalue weighted by Gasteiger charge is -2.41. The molecule has 0 saturated carbocycles. The zero-order valence-corrected chi connectivity index (χ0v) is 18.4. The molecule has 11 nitrogen and oxygen atoms in total. The first-order valence-electron chi connectivity index (χ1n) is 10.8. The third kappa shape index (κ3) is 3.93. The smallest absolute Gasteiger partial charge is 0.229 e. The highest BCUT2D eigenvalue weighted by Crippen LogP contribution is 2.46. The van der Waals surface area contributed by atoms with Crippen LogP contribution < -0.4 is 0 Å². The van der Waals surface area contributed by atoms with Gasteiger partial charge in [0.05, 0.1) is 17.9 Å². The third-order valence-corrected chi connectivity index (χ3v) is 6.08. The van der Waals surface area contributed by atoms with Crippen molar-refractivity contribution in [1.82, 2.24) is 0 Å². The van der Waals surface area contributed by atoms with E-state index < -0.39 is 49.2 Å². The molecule has 3 heterocycles. The van der Waals surface area contributed by atoms with Gasteiger partial charge in [-0.15, -0.1) is 0 Å². The maximum absolute atomic E-state index is 10.5. The summed E-state index contributed by atoms with van der Waals surface area (Å²) in [6, 6.07) is 3.94. The lowest BCUT2D eigenvalue weighted by Crippen LogP contribution is -2.59. The van der Waals surface area contributed by atoms with Gasteiger partial charge in [0.15, 0.2) is 23.0 Å². The van der Waals surface area contributed by atoms with E-state index in [2.05, 4.69) is 0 Å². The Morgan fingerprint density at radius 1 is 0.971 bits per heavy atom. The highest BCUT2D eigenvalue weighted by atomic mass is 16.7. The number of benzene rings is 1. The Morgan fingerprint density at radius 2 is 1.74 bits per heavy atom. The van der Waals surface area contributed by atoms with Gasteiger partial charge in [-0.25, -0.2) is 0 Å². The molecule has 4 aliphatic rings. The fraction of sp³-hybridized carbons (Fsp3) is 0.333. The lowest BCUT2D eigenvalue weighted by molar-refractivity contribution is -0.290. The summed E-state index contributed by atoms with van der Waals surface area (Å²) in [6.45, 7) is 1.05. The normalized spacial score (nSPS) is 32.1. The average molecular weight is 488 g/mol. The fourth-order valence-corrected chi connectivity index (χ4v) is 4.34. The van der Waals surface area contributed by atoms with Crippen LogP contribution in [-0.2, 0) is 18.9 Å². The number of aromatic hydroxyl groups is 2. The number of phenolic OH excluding ortho intramolecular Hbond substituents is 2. The molecule has 1 fully saturated rings. The summed E-state index contributed by atoms with van der Waals surface area (Å²) in [7, 11) is 0. The number of aliphatic hydroxyl groups excluding tert-OH is 5. The van der Waals surface area contributed by atoms with Gasteiger partial charge in [-0.05, 0) is 31.2 Å². The minimum atomic E-state index is -1.69. The van der Waals surface area contributed by atoms with Crippen molar-refractivity contribution in [2.45, 2.75) is 43.7 Å². The highest BCUT2D eigenvalue weighted by Gasteiger charge is 2.46. The van der Waals surface area contributed by atoms with Crippen molar-refractivity contribution in [2.24, 2.45) is 0 Å². The van der Waals surface area contributed by atoms with Crippen molar-refractivity contribution in [1.29, 1.82) is 0 Å². The molecule has 1 aliphatic carbocycles. The Labute approximate surface area is 199 Å². The topological polar surface area (TPSA) is 179 Å². The molecule has 3 aliphatic heterocycles. The van der Waals surface area contributed by atoms with Crippen LogP contribution in [0.2, 0.25) is 0 Å². The predicted octanol–water partition coefficient (Wildman–Crippen LogP) is 0.552. The van der Waals surface area contributed by atoms with Gasteiger partial charge in [0.25, 0.3) is 0 Å². The Balaban J connectivity index is 1.66. The molecular formula is C24H24O11. The molecule has 6 atom stereocenters. The van der Waals surface area contributed by atoms with Gasteiger partial charge in [-0.3, -0.25) is 0 Å². The van der Waals surface area contributed by atoms with E-state index in [1.54, 1.807) is 13.0 Å². The van der Waals surface area contributed by atoms with Gasteiger partial charge in [-0.2, -0.15) is 0 Å². The molecule has 7 N–H and O–H groups in total. The Morgan fingerprint density at radius 3 is 2.46 bits per heavy atom. The van der Waals surface area contributed by atoms with Crippen LogP contribution in [0.15, 0.2) is 70.6 Å². The Bertz CT molecular complexity index is 1210. The van der Waals surface area contributed by atoms with E-state index in [0.29, 0.717) is 16.9 Å². The molecular weight excluding hydrogens is 464 g/mol. The summed E-state index contributed by atoms with van der Waals surface area (Å²) in [5.41, 5.74) is 1.25. The van der Waals surface area contributed by atoms with E-state index in [1.165, 1.54) is 30.4 Å². The summed E-state index contributed by atoms with van der Waals surface area (Å²) in [5.74, 6) is -0.0748. The zero-order valence-electron chi connectivity index (χ0n) is 18.4. The quantitative estimate of drug-likeness (QED) is 0.294. The first kappa shape index (κ1) is 23.3. The van der Waals surface area contributed by atoms with Gasteiger partial charge in [-0.1, -0.05) is 0 Å². The maximum atomic E-state index is 10.5. The van der Waals surface area contributed by atoms with E-state index >= 15 is 0 Å². The molecule has 0 aromatic heterocycles. The van der Waals surface area contributed by atoms with Crippen molar-refractivity contribution in [3.63, 3.8) is 0 Å². The number of hydrogen-bond acceptors (Lipinski definition) is 11. The number of hydrogen-bond donors (Lipinski definition) is 7. The maximum Gasteiger partial charge on any atom is 0.229 e. The second-order valence-corrected chi connectivity index (χ2v) is 8.50. The monoisotopic (exact) mass is 488 g/mol. The van der Waals surface area contributed by atoms with Crippen molar-refractivity contribution in [3.05, 3.63) is 76.2 Å². The summed E-state index contributed by atoms with van der Waals surface area (Å²) in [5, 5.41) is 70.4. The van der Waals surface area contributed by atoms with E-state index in [9.17, 15) is 35.7 Å². The average Bonchev–Trinajstić information content (AvgIpc) is 2.81. The first-order chi connectivity index (χ1) is 16.7. The minimum absolute atomic E-state index is 0.0361. The SMILES string of the molecule is CC1=CC2=C3C(=CC(O)=CC3O1)OC(c1ccc(O)c(O)c1)=C2O[C@@H]1O[C@H](CO)[C@@H](O)[C@H](O)[C@H]1O. The molecule has 1 aromatic rings. The third-order valence-electron chi connectivity index (χ3n) is 6.08. The van der Waals surface area contributed by atoms with Crippen LogP contribution in [0.4, 0.5) is 0 Å².